The van der Waals surface area contributed by atoms with Crippen LogP contribution in [0.3, 0.4) is 0 Å². The molecule has 1 unspecified atom stereocenters. The maximum absolute atomic E-state index is 10.5. The second kappa shape index (κ2) is 11.5. The summed E-state index contributed by atoms with van der Waals surface area (Å²) in [4.78, 5) is 13.1. The molecule has 1 amide bonds. The Labute approximate surface area is 113 Å². The van der Waals surface area contributed by atoms with E-state index in [0.29, 0.717) is 6.42 Å². The van der Waals surface area contributed by atoms with Crippen LogP contribution in [0.1, 0.15) is 65.7 Å². The number of unbranched alkanes of at least 4 members (excludes halogenated alkanes) is 3. The zero-order chi connectivity index (χ0) is 13.8. The molecule has 3 heteroatoms. The summed E-state index contributed by atoms with van der Waals surface area (Å²) >= 11 is 0. The van der Waals surface area contributed by atoms with Gasteiger partial charge in [-0.05, 0) is 44.7 Å². The lowest BCUT2D eigenvalue weighted by atomic mass is 10.00. The molecule has 1 aliphatic rings. The predicted molar refractivity (Wildman–Crippen MR) is 78.5 cm³/mol. The van der Waals surface area contributed by atoms with Crippen LogP contribution in [-0.2, 0) is 4.79 Å². The number of likely N-dealkylation sites (tertiary alicyclic amines) is 1. The van der Waals surface area contributed by atoms with Crippen LogP contribution in [0.25, 0.3) is 0 Å². The van der Waals surface area contributed by atoms with Crippen molar-refractivity contribution in [3.05, 3.63) is 0 Å². The number of rotatable bonds is 7. The van der Waals surface area contributed by atoms with Gasteiger partial charge in [-0.3, -0.25) is 4.79 Å². The number of nitrogens with two attached hydrogens (primary N) is 1. The molecule has 0 aromatic carbocycles. The average Bonchev–Trinajstić information content (AvgIpc) is 2.36. The number of carbonyl (C=O) groups is 1. The first-order valence-electron chi connectivity index (χ1n) is 7.69. The second-order valence-corrected chi connectivity index (χ2v) is 5.18. The number of piperidine rings is 1. The highest BCUT2D eigenvalue weighted by atomic mass is 16.1. The minimum atomic E-state index is -0.162. The summed E-state index contributed by atoms with van der Waals surface area (Å²) in [7, 11) is 0. The van der Waals surface area contributed by atoms with Gasteiger partial charge in [-0.15, -0.1) is 0 Å². The van der Waals surface area contributed by atoms with E-state index in [2.05, 4.69) is 11.8 Å². The molecule has 1 saturated heterocycles. The van der Waals surface area contributed by atoms with Gasteiger partial charge in [0.2, 0.25) is 5.91 Å². The predicted octanol–water partition coefficient (Wildman–Crippen LogP) is 3.18. The Morgan fingerprint density at radius 1 is 1.22 bits per heavy atom. The van der Waals surface area contributed by atoms with Gasteiger partial charge in [-0.2, -0.15) is 0 Å². The zero-order valence-electron chi connectivity index (χ0n) is 12.6. The Bertz CT molecular complexity index is 207. The van der Waals surface area contributed by atoms with Crippen LogP contribution in [0.2, 0.25) is 0 Å². The minimum absolute atomic E-state index is 0.162. The molecule has 0 bridgehead atoms. The molecule has 1 heterocycles. The minimum Gasteiger partial charge on any atom is -0.370 e. The summed E-state index contributed by atoms with van der Waals surface area (Å²) in [6.45, 7) is 10.1. The van der Waals surface area contributed by atoms with E-state index in [4.69, 9.17) is 5.73 Å². The van der Waals surface area contributed by atoms with Crippen LogP contribution in [-0.4, -0.2) is 30.4 Å². The summed E-state index contributed by atoms with van der Waals surface area (Å²) in [5.41, 5.74) is 5.09. The van der Waals surface area contributed by atoms with Crippen LogP contribution in [0.15, 0.2) is 0 Å². The Balaban J connectivity index is 0.00000137. The third-order valence-electron chi connectivity index (χ3n) is 3.39. The molecule has 0 saturated carbocycles. The molecule has 18 heavy (non-hydrogen) atoms. The number of nitrogens with zero attached hydrogens (tertiary/aromatic N) is 1. The van der Waals surface area contributed by atoms with Crippen molar-refractivity contribution in [3.8, 4) is 0 Å². The number of amides is 1. The molecular formula is C15H32N2O. The monoisotopic (exact) mass is 256 g/mol. The second-order valence-electron chi connectivity index (χ2n) is 5.18. The van der Waals surface area contributed by atoms with E-state index in [1.165, 1.54) is 45.3 Å². The van der Waals surface area contributed by atoms with Crippen molar-refractivity contribution in [2.75, 3.05) is 19.6 Å². The highest BCUT2D eigenvalue weighted by Gasteiger charge is 2.14. The van der Waals surface area contributed by atoms with Crippen LogP contribution >= 0.6 is 0 Å². The quantitative estimate of drug-likeness (QED) is 0.711. The van der Waals surface area contributed by atoms with Crippen LogP contribution < -0.4 is 5.73 Å². The molecule has 1 fully saturated rings. The van der Waals surface area contributed by atoms with E-state index in [-0.39, 0.29) is 5.91 Å². The average molecular weight is 256 g/mol. The molecule has 0 aromatic heterocycles. The smallest absolute Gasteiger partial charge is 0.217 e. The Kier molecular flexibility index (Phi) is 11.2. The Morgan fingerprint density at radius 2 is 1.89 bits per heavy atom. The van der Waals surface area contributed by atoms with Crippen LogP contribution in [0, 0.1) is 5.92 Å². The summed E-state index contributed by atoms with van der Waals surface area (Å²) < 4.78 is 0. The maximum atomic E-state index is 10.5. The molecule has 108 valence electrons. The lowest BCUT2D eigenvalue weighted by Gasteiger charge is -2.30. The van der Waals surface area contributed by atoms with E-state index in [9.17, 15) is 4.79 Å². The molecule has 0 radical (unpaired) electrons. The summed E-state index contributed by atoms with van der Waals surface area (Å²) in [5.74, 6) is 0.716. The number of primary amides is 1. The normalized spacial score (nSPS) is 20.1. The number of hydrogen-bond donors (Lipinski definition) is 1. The SMILES string of the molecule is CC.CC1CCCN(CCCCCCC(N)=O)C1. The van der Waals surface area contributed by atoms with Crippen molar-refractivity contribution in [3.63, 3.8) is 0 Å². The van der Waals surface area contributed by atoms with Crippen LogP contribution in [0.5, 0.6) is 0 Å². The fourth-order valence-corrected chi connectivity index (χ4v) is 2.48. The van der Waals surface area contributed by atoms with E-state index >= 15 is 0 Å². The van der Waals surface area contributed by atoms with Crippen molar-refractivity contribution < 1.29 is 4.79 Å². The van der Waals surface area contributed by atoms with Crippen molar-refractivity contribution in [1.82, 2.24) is 4.90 Å². The van der Waals surface area contributed by atoms with Crippen molar-refractivity contribution in [2.24, 2.45) is 11.7 Å². The highest BCUT2D eigenvalue weighted by Crippen LogP contribution is 2.16. The first-order chi connectivity index (χ1) is 8.68. The van der Waals surface area contributed by atoms with Gasteiger partial charge >= 0.3 is 0 Å². The first kappa shape index (κ1) is 17.4. The first-order valence-corrected chi connectivity index (χ1v) is 7.69. The number of hydrogen-bond acceptors (Lipinski definition) is 2. The van der Waals surface area contributed by atoms with E-state index in [0.717, 1.165) is 18.8 Å². The fraction of sp³-hybridized carbons (Fsp3) is 0.933. The lowest BCUT2D eigenvalue weighted by Crippen LogP contribution is -2.34. The zero-order valence-corrected chi connectivity index (χ0v) is 12.6. The molecule has 2 N–H and O–H groups in total. The lowest BCUT2D eigenvalue weighted by molar-refractivity contribution is -0.118. The molecule has 1 aliphatic heterocycles. The molecular weight excluding hydrogens is 224 g/mol. The molecule has 3 nitrogen and oxygen atoms in total. The van der Waals surface area contributed by atoms with Gasteiger partial charge in [0, 0.05) is 13.0 Å². The van der Waals surface area contributed by atoms with Crippen molar-refractivity contribution >= 4 is 5.91 Å². The van der Waals surface area contributed by atoms with Gasteiger partial charge in [-0.25, -0.2) is 0 Å². The third-order valence-corrected chi connectivity index (χ3v) is 3.39. The van der Waals surface area contributed by atoms with E-state index < -0.39 is 0 Å². The highest BCUT2D eigenvalue weighted by molar-refractivity contribution is 5.73. The Morgan fingerprint density at radius 3 is 2.50 bits per heavy atom. The molecule has 0 spiro atoms. The summed E-state index contributed by atoms with van der Waals surface area (Å²) in [5, 5.41) is 0. The van der Waals surface area contributed by atoms with Gasteiger partial charge in [0.05, 0.1) is 0 Å². The molecule has 1 atom stereocenters. The number of carbonyl (C=O) groups excluding carboxylic acids is 1. The maximum Gasteiger partial charge on any atom is 0.217 e. The molecule has 0 aromatic rings. The van der Waals surface area contributed by atoms with Crippen molar-refractivity contribution in [2.45, 2.75) is 65.7 Å². The summed E-state index contributed by atoms with van der Waals surface area (Å²) in [6.07, 6.45) is 7.93. The van der Waals surface area contributed by atoms with Gasteiger partial charge in [0.1, 0.15) is 0 Å². The van der Waals surface area contributed by atoms with Gasteiger partial charge in [0.15, 0.2) is 0 Å². The fourth-order valence-electron chi connectivity index (χ4n) is 2.48. The Hall–Kier alpha value is -0.570. The third kappa shape index (κ3) is 9.46. The molecule has 0 aliphatic carbocycles. The van der Waals surface area contributed by atoms with E-state index in [1.54, 1.807) is 0 Å². The topological polar surface area (TPSA) is 46.3 Å². The van der Waals surface area contributed by atoms with Crippen molar-refractivity contribution in [1.29, 1.82) is 0 Å². The van der Waals surface area contributed by atoms with Gasteiger partial charge in [0.25, 0.3) is 0 Å². The molecule has 1 rings (SSSR count). The van der Waals surface area contributed by atoms with E-state index in [1.807, 2.05) is 13.8 Å². The summed E-state index contributed by atoms with van der Waals surface area (Å²) in [6, 6.07) is 0. The standard InChI is InChI=1S/C13H26N2O.C2H6/c1-12-7-6-10-15(11-12)9-5-3-2-4-8-13(14)16;1-2/h12H,2-11H2,1H3,(H2,14,16);1-2H3. The van der Waals surface area contributed by atoms with Crippen LogP contribution in [0.4, 0.5) is 0 Å². The van der Waals surface area contributed by atoms with Gasteiger partial charge < -0.3 is 10.6 Å². The van der Waals surface area contributed by atoms with Gasteiger partial charge in [-0.1, -0.05) is 33.6 Å². The largest absolute Gasteiger partial charge is 0.370 e.